The van der Waals surface area contributed by atoms with Gasteiger partial charge in [-0.25, -0.2) is 0 Å². The van der Waals surface area contributed by atoms with Crippen LogP contribution in [0.3, 0.4) is 0 Å². The Morgan fingerprint density at radius 3 is 2.92 bits per heavy atom. The molecule has 12 heavy (non-hydrogen) atoms. The van der Waals surface area contributed by atoms with Gasteiger partial charge in [0.05, 0.1) is 13.3 Å². The van der Waals surface area contributed by atoms with Gasteiger partial charge in [-0.15, -0.1) is 0 Å². The highest BCUT2D eigenvalue weighted by molar-refractivity contribution is 5.03. The molecule has 1 aromatic rings. The van der Waals surface area contributed by atoms with E-state index in [2.05, 4.69) is 24.4 Å². The summed E-state index contributed by atoms with van der Waals surface area (Å²) in [7, 11) is 1.60. The summed E-state index contributed by atoms with van der Waals surface area (Å²) in [5, 5.41) is 4.19. The third kappa shape index (κ3) is 2.32. The number of nitrogens with zero attached hydrogens (tertiary/aromatic N) is 2. The van der Waals surface area contributed by atoms with Crippen molar-refractivity contribution in [2.75, 3.05) is 7.11 Å². The van der Waals surface area contributed by atoms with Crippen molar-refractivity contribution in [3.63, 3.8) is 0 Å². The summed E-state index contributed by atoms with van der Waals surface area (Å²) in [5.41, 5.74) is 3.89. The quantitative estimate of drug-likeness (QED) is 0.686. The highest BCUT2D eigenvalue weighted by atomic mass is 16.6. The van der Waals surface area contributed by atoms with Crippen LogP contribution in [0.15, 0.2) is 12.4 Å². The Morgan fingerprint density at radius 2 is 2.42 bits per heavy atom. The van der Waals surface area contributed by atoms with E-state index in [9.17, 15) is 0 Å². The molecule has 0 saturated carbocycles. The van der Waals surface area contributed by atoms with Crippen LogP contribution in [-0.2, 0) is 11.4 Å². The van der Waals surface area contributed by atoms with Gasteiger partial charge in [0, 0.05) is 24.3 Å². The van der Waals surface area contributed by atoms with Crippen molar-refractivity contribution in [1.29, 1.82) is 0 Å². The largest absolute Gasteiger partial charge is 0.305 e. The molecule has 0 bridgehead atoms. The molecule has 0 aliphatic carbocycles. The van der Waals surface area contributed by atoms with Crippen LogP contribution in [0.4, 0.5) is 0 Å². The van der Waals surface area contributed by atoms with Gasteiger partial charge < -0.3 is 4.84 Å². The molecule has 0 amide bonds. The first-order valence-corrected chi connectivity index (χ1v) is 4.03. The first kappa shape index (κ1) is 9.22. The molecule has 4 heteroatoms. The van der Waals surface area contributed by atoms with Gasteiger partial charge in [-0.3, -0.25) is 4.68 Å². The Kier molecular flexibility index (Phi) is 3.25. The lowest BCUT2D eigenvalue weighted by Gasteiger charge is -2.03. The lowest BCUT2D eigenvalue weighted by Crippen LogP contribution is -2.10. The van der Waals surface area contributed by atoms with E-state index >= 15 is 0 Å². The van der Waals surface area contributed by atoms with Gasteiger partial charge in [0.15, 0.2) is 0 Å². The van der Waals surface area contributed by atoms with Crippen molar-refractivity contribution in [3.8, 4) is 0 Å². The number of nitrogens with one attached hydrogen (secondary N) is 1. The van der Waals surface area contributed by atoms with E-state index in [1.54, 1.807) is 7.11 Å². The second kappa shape index (κ2) is 4.23. The zero-order chi connectivity index (χ0) is 8.97. The molecular formula is C8H15N3O. The fourth-order valence-corrected chi connectivity index (χ4v) is 0.907. The van der Waals surface area contributed by atoms with Gasteiger partial charge in [-0.05, 0) is 13.8 Å². The van der Waals surface area contributed by atoms with Crippen LogP contribution >= 0.6 is 0 Å². The van der Waals surface area contributed by atoms with Crippen LogP contribution in [0.1, 0.15) is 25.5 Å². The first-order chi connectivity index (χ1) is 5.74. The molecular weight excluding hydrogens is 154 g/mol. The lowest BCUT2D eigenvalue weighted by atomic mass is 10.3. The van der Waals surface area contributed by atoms with E-state index in [4.69, 9.17) is 4.84 Å². The number of aromatic nitrogens is 2. The summed E-state index contributed by atoms with van der Waals surface area (Å²) in [5.74, 6) is 0. The average molecular weight is 169 g/mol. The van der Waals surface area contributed by atoms with E-state index < -0.39 is 0 Å². The molecule has 0 aliphatic rings. The van der Waals surface area contributed by atoms with E-state index in [1.165, 1.54) is 0 Å². The zero-order valence-electron chi connectivity index (χ0n) is 7.74. The van der Waals surface area contributed by atoms with Gasteiger partial charge in [-0.1, -0.05) is 0 Å². The van der Waals surface area contributed by atoms with Gasteiger partial charge in [0.25, 0.3) is 0 Å². The molecule has 1 rings (SSSR count). The monoisotopic (exact) mass is 169 g/mol. The van der Waals surface area contributed by atoms with Gasteiger partial charge in [0.2, 0.25) is 0 Å². The molecule has 1 heterocycles. The minimum atomic E-state index is 0.418. The Morgan fingerprint density at radius 1 is 1.67 bits per heavy atom. The van der Waals surface area contributed by atoms with E-state index in [0.29, 0.717) is 12.6 Å². The summed E-state index contributed by atoms with van der Waals surface area (Å²) in [4.78, 5) is 4.73. The molecule has 0 spiro atoms. The lowest BCUT2D eigenvalue weighted by molar-refractivity contribution is 0.0867. The Labute approximate surface area is 72.5 Å². The molecule has 0 aromatic carbocycles. The van der Waals surface area contributed by atoms with E-state index in [1.807, 2.05) is 17.1 Å². The number of rotatable bonds is 4. The van der Waals surface area contributed by atoms with Gasteiger partial charge >= 0.3 is 0 Å². The van der Waals surface area contributed by atoms with Crippen LogP contribution in [0.2, 0.25) is 0 Å². The predicted molar refractivity (Wildman–Crippen MR) is 46.5 cm³/mol. The van der Waals surface area contributed by atoms with Gasteiger partial charge in [-0.2, -0.15) is 10.6 Å². The van der Waals surface area contributed by atoms with Crippen molar-refractivity contribution < 1.29 is 4.84 Å². The van der Waals surface area contributed by atoms with Crippen molar-refractivity contribution >= 4 is 0 Å². The third-order valence-electron chi connectivity index (χ3n) is 1.60. The van der Waals surface area contributed by atoms with E-state index in [-0.39, 0.29) is 0 Å². The van der Waals surface area contributed by atoms with Crippen molar-refractivity contribution in [2.24, 2.45) is 0 Å². The minimum Gasteiger partial charge on any atom is -0.305 e. The summed E-state index contributed by atoms with van der Waals surface area (Å²) < 4.78 is 1.92. The topological polar surface area (TPSA) is 39.1 Å². The zero-order valence-corrected chi connectivity index (χ0v) is 7.74. The van der Waals surface area contributed by atoms with Crippen molar-refractivity contribution in [3.05, 3.63) is 18.0 Å². The van der Waals surface area contributed by atoms with Crippen LogP contribution in [0.5, 0.6) is 0 Å². The highest BCUT2D eigenvalue weighted by Gasteiger charge is 2.00. The second-order valence-corrected chi connectivity index (χ2v) is 2.95. The van der Waals surface area contributed by atoms with Crippen LogP contribution in [-0.4, -0.2) is 16.9 Å². The van der Waals surface area contributed by atoms with Crippen molar-refractivity contribution in [2.45, 2.75) is 26.4 Å². The van der Waals surface area contributed by atoms with Gasteiger partial charge in [0.1, 0.15) is 0 Å². The molecule has 68 valence electrons. The smallest absolute Gasteiger partial charge is 0.0572 e. The fourth-order valence-electron chi connectivity index (χ4n) is 0.907. The summed E-state index contributed by atoms with van der Waals surface area (Å²) in [6.45, 7) is 4.89. The first-order valence-electron chi connectivity index (χ1n) is 4.03. The molecule has 1 N–H and O–H groups in total. The SMILES string of the molecule is CONCc1cnn(C(C)C)c1. The maximum Gasteiger partial charge on any atom is 0.0572 e. The molecule has 0 aliphatic heterocycles. The van der Waals surface area contributed by atoms with Crippen LogP contribution < -0.4 is 5.48 Å². The number of hydrogen-bond donors (Lipinski definition) is 1. The minimum absolute atomic E-state index is 0.418. The normalized spacial score (nSPS) is 11.0. The highest BCUT2D eigenvalue weighted by Crippen LogP contribution is 2.04. The maximum absolute atomic E-state index is 4.73. The molecule has 0 fully saturated rings. The number of hydrogen-bond acceptors (Lipinski definition) is 3. The van der Waals surface area contributed by atoms with E-state index in [0.717, 1.165) is 5.56 Å². The fraction of sp³-hybridized carbons (Fsp3) is 0.625. The molecule has 4 nitrogen and oxygen atoms in total. The molecule has 0 saturated heterocycles. The maximum atomic E-state index is 4.73. The number of hydroxylamine groups is 1. The molecule has 1 aromatic heterocycles. The second-order valence-electron chi connectivity index (χ2n) is 2.95. The van der Waals surface area contributed by atoms with Crippen LogP contribution in [0.25, 0.3) is 0 Å². The Hall–Kier alpha value is -0.870. The standard InChI is InChI=1S/C8H15N3O/c1-7(2)11-6-8(4-9-11)5-10-12-3/h4,6-7,10H,5H2,1-3H3. The molecule has 0 radical (unpaired) electrons. The Bertz CT molecular complexity index is 232. The van der Waals surface area contributed by atoms with Crippen molar-refractivity contribution in [1.82, 2.24) is 15.3 Å². The Balaban J connectivity index is 2.52. The third-order valence-corrected chi connectivity index (χ3v) is 1.60. The summed E-state index contributed by atoms with van der Waals surface area (Å²) in [6, 6.07) is 0.418. The molecule has 0 atom stereocenters. The molecule has 0 unspecified atom stereocenters. The predicted octanol–water partition coefficient (Wildman–Crippen LogP) is 1.11. The van der Waals surface area contributed by atoms with Crippen LogP contribution in [0, 0.1) is 0 Å². The summed E-state index contributed by atoms with van der Waals surface area (Å²) >= 11 is 0. The summed E-state index contributed by atoms with van der Waals surface area (Å²) in [6.07, 6.45) is 3.85. The average Bonchev–Trinajstić information content (AvgIpc) is 2.48.